The van der Waals surface area contributed by atoms with Gasteiger partial charge in [0.25, 0.3) is 0 Å². The minimum atomic E-state index is -3.68. The van der Waals surface area contributed by atoms with E-state index in [4.69, 9.17) is 18.5 Å². The van der Waals surface area contributed by atoms with Gasteiger partial charge >= 0.3 is 13.6 Å². The second-order valence-electron chi connectivity index (χ2n) is 6.05. The SMILES string of the molecule is COP(=O)(OC)C(CCOc1ccc(F)cc1)C(=O)OC(C)(C)C. The van der Waals surface area contributed by atoms with Gasteiger partial charge in [0.05, 0.1) is 6.61 Å². The van der Waals surface area contributed by atoms with Crippen LogP contribution in [0.5, 0.6) is 5.75 Å². The molecule has 1 rings (SSSR count). The molecule has 24 heavy (non-hydrogen) atoms. The molecule has 0 N–H and O–H groups in total. The number of hydrogen-bond donors (Lipinski definition) is 0. The van der Waals surface area contributed by atoms with Crippen molar-refractivity contribution >= 4 is 13.6 Å². The van der Waals surface area contributed by atoms with Gasteiger partial charge in [0.1, 0.15) is 17.2 Å². The van der Waals surface area contributed by atoms with Gasteiger partial charge in [-0.15, -0.1) is 0 Å². The fourth-order valence-corrected chi connectivity index (χ4v) is 3.31. The number of hydrogen-bond acceptors (Lipinski definition) is 6. The summed E-state index contributed by atoms with van der Waals surface area (Å²) < 4.78 is 46.1. The average Bonchev–Trinajstić information content (AvgIpc) is 2.51. The van der Waals surface area contributed by atoms with Crippen LogP contribution in [0.4, 0.5) is 4.39 Å². The van der Waals surface area contributed by atoms with Gasteiger partial charge in [-0.3, -0.25) is 9.36 Å². The van der Waals surface area contributed by atoms with E-state index in [9.17, 15) is 13.8 Å². The molecule has 0 spiro atoms. The Labute approximate surface area is 141 Å². The number of ether oxygens (including phenoxy) is 2. The van der Waals surface area contributed by atoms with Crippen LogP contribution in [0.25, 0.3) is 0 Å². The van der Waals surface area contributed by atoms with Crippen LogP contribution in [-0.2, 0) is 23.1 Å². The molecule has 1 unspecified atom stereocenters. The molecular formula is C16H24FO6P. The second kappa shape index (κ2) is 8.60. The molecule has 0 aromatic heterocycles. The smallest absolute Gasteiger partial charge is 0.344 e. The summed E-state index contributed by atoms with van der Waals surface area (Å²) in [6.45, 7) is 5.19. The van der Waals surface area contributed by atoms with Crippen LogP contribution in [0.3, 0.4) is 0 Å². The van der Waals surface area contributed by atoms with Crippen molar-refractivity contribution < 1.29 is 32.3 Å². The Bertz CT molecular complexity index is 573. The molecule has 136 valence electrons. The molecule has 0 aliphatic carbocycles. The number of carbonyl (C=O) groups is 1. The molecule has 1 atom stereocenters. The van der Waals surface area contributed by atoms with Crippen molar-refractivity contribution in [2.24, 2.45) is 0 Å². The van der Waals surface area contributed by atoms with Crippen LogP contribution in [-0.4, -0.2) is 38.1 Å². The molecule has 1 aromatic rings. The van der Waals surface area contributed by atoms with Gasteiger partial charge in [-0.1, -0.05) is 0 Å². The van der Waals surface area contributed by atoms with E-state index in [0.29, 0.717) is 5.75 Å². The molecule has 0 fully saturated rings. The van der Waals surface area contributed by atoms with E-state index in [1.165, 1.54) is 38.5 Å². The number of rotatable bonds is 8. The first-order valence-electron chi connectivity index (χ1n) is 7.43. The molecule has 0 saturated heterocycles. The lowest BCUT2D eigenvalue weighted by molar-refractivity contribution is -0.155. The van der Waals surface area contributed by atoms with Gasteiger partial charge in [-0.2, -0.15) is 0 Å². The van der Waals surface area contributed by atoms with Crippen molar-refractivity contribution in [2.75, 3.05) is 20.8 Å². The maximum absolute atomic E-state index is 12.9. The Morgan fingerprint density at radius 1 is 1.17 bits per heavy atom. The Morgan fingerprint density at radius 2 is 1.71 bits per heavy atom. The van der Waals surface area contributed by atoms with Crippen molar-refractivity contribution in [3.63, 3.8) is 0 Å². The largest absolute Gasteiger partial charge is 0.494 e. The first-order valence-corrected chi connectivity index (χ1v) is 9.05. The first-order chi connectivity index (χ1) is 11.1. The lowest BCUT2D eigenvalue weighted by atomic mass is 10.2. The molecule has 8 heteroatoms. The maximum atomic E-state index is 12.9. The lowest BCUT2D eigenvalue weighted by Crippen LogP contribution is -2.33. The molecule has 0 aliphatic rings. The molecule has 0 radical (unpaired) electrons. The quantitative estimate of drug-likeness (QED) is 0.518. The summed E-state index contributed by atoms with van der Waals surface area (Å²) in [6, 6.07) is 5.44. The van der Waals surface area contributed by atoms with Crippen LogP contribution < -0.4 is 4.74 Å². The maximum Gasteiger partial charge on any atom is 0.344 e. The van der Waals surface area contributed by atoms with Crippen LogP contribution >= 0.6 is 7.60 Å². The Balaban J connectivity index is 2.80. The van der Waals surface area contributed by atoms with Crippen molar-refractivity contribution in [1.29, 1.82) is 0 Å². The zero-order valence-corrected chi connectivity index (χ0v) is 15.5. The van der Waals surface area contributed by atoms with Crippen LogP contribution in [0, 0.1) is 5.82 Å². The van der Waals surface area contributed by atoms with Gasteiger partial charge in [-0.05, 0) is 45.0 Å². The van der Waals surface area contributed by atoms with E-state index in [1.807, 2.05) is 0 Å². The van der Waals surface area contributed by atoms with Gasteiger partial charge in [0.2, 0.25) is 0 Å². The van der Waals surface area contributed by atoms with E-state index in [0.717, 1.165) is 0 Å². The standard InChI is InChI=1S/C16H24FO6P/c1-16(2,3)23-15(18)14(24(19,20-4)21-5)10-11-22-13-8-6-12(17)7-9-13/h6-9,14H,10-11H2,1-5H3. The third kappa shape index (κ3) is 6.23. The van der Waals surface area contributed by atoms with Gasteiger partial charge < -0.3 is 18.5 Å². The van der Waals surface area contributed by atoms with Gasteiger partial charge in [-0.25, -0.2) is 4.39 Å². The van der Waals surface area contributed by atoms with E-state index in [2.05, 4.69) is 0 Å². The summed E-state index contributed by atoms with van der Waals surface area (Å²) in [4.78, 5) is 12.4. The van der Waals surface area contributed by atoms with Crippen molar-refractivity contribution in [3.8, 4) is 5.75 Å². The average molecular weight is 362 g/mol. The Morgan fingerprint density at radius 3 is 2.17 bits per heavy atom. The highest BCUT2D eigenvalue weighted by Gasteiger charge is 2.42. The van der Waals surface area contributed by atoms with E-state index in [-0.39, 0.29) is 18.8 Å². The molecule has 0 amide bonds. The minimum absolute atomic E-state index is 0.0608. The fourth-order valence-electron chi connectivity index (χ4n) is 1.92. The minimum Gasteiger partial charge on any atom is -0.494 e. The number of carbonyl (C=O) groups excluding carboxylic acids is 1. The van der Waals surface area contributed by atoms with Crippen molar-refractivity contribution in [3.05, 3.63) is 30.1 Å². The van der Waals surface area contributed by atoms with Crippen molar-refractivity contribution in [2.45, 2.75) is 38.5 Å². The first kappa shape index (κ1) is 20.6. The Hall–Kier alpha value is -1.43. The third-order valence-corrected chi connectivity index (χ3v) is 5.29. The topological polar surface area (TPSA) is 71.1 Å². The van der Waals surface area contributed by atoms with E-state index >= 15 is 0 Å². The van der Waals surface area contributed by atoms with E-state index in [1.54, 1.807) is 20.8 Å². The highest BCUT2D eigenvalue weighted by atomic mass is 31.2. The summed E-state index contributed by atoms with van der Waals surface area (Å²) in [7, 11) is -1.26. The number of esters is 1. The predicted molar refractivity (Wildman–Crippen MR) is 87.8 cm³/mol. The summed E-state index contributed by atoms with van der Waals surface area (Å²) >= 11 is 0. The zero-order valence-electron chi connectivity index (χ0n) is 14.6. The summed E-state index contributed by atoms with van der Waals surface area (Å²) in [5.41, 5.74) is -1.86. The predicted octanol–water partition coefficient (Wildman–Crippen LogP) is 3.79. The molecule has 0 heterocycles. The summed E-state index contributed by atoms with van der Waals surface area (Å²) in [5, 5.41) is 0. The van der Waals surface area contributed by atoms with Crippen molar-refractivity contribution in [1.82, 2.24) is 0 Å². The van der Waals surface area contributed by atoms with Gasteiger partial charge in [0.15, 0.2) is 5.66 Å². The highest BCUT2D eigenvalue weighted by Crippen LogP contribution is 2.53. The molecule has 6 nitrogen and oxygen atoms in total. The van der Waals surface area contributed by atoms with Crippen LogP contribution in [0.1, 0.15) is 27.2 Å². The zero-order chi connectivity index (χ0) is 18.4. The van der Waals surface area contributed by atoms with E-state index < -0.39 is 24.8 Å². The fraction of sp³-hybridized carbons (Fsp3) is 0.562. The normalized spacial score (nSPS) is 13.4. The molecule has 0 aliphatic heterocycles. The summed E-state index contributed by atoms with van der Waals surface area (Å²) in [6.07, 6.45) is 0.0608. The number of halogens is 1. The number of benzene rings is 1. The lowest BCUT2D eigenvalue weighted by Gasteiger charge is -2.27. The Kier molecular flexibility index (Phi) is 7.39. The second-order valence-corrected chi connectivity index (χ2v) is 8.48. The van der Waals surface area contributed by atoms with Crippen LogP contribution in [0.15, 0.2) is 24.3 Å². The van der Waals surface area contributed by atoms with Gasteiger partial charge in [0, 0.05) is 20.6 Å². The molecule has 0 saturated carbocycles. The van der Waals surface area contributed by atoms with Crippen LogP contribution in [0.2, 0.25) is 0 Å². The summed E-state index contributed by atoms with van der Waals surface area (Å²) in [5.74, 6) is -0.626. The third-order valence-electron chi connectivity index (χ3n) is 3.04. The molecule has 0 bridgehead atoms. The molecular weight excluding hydrogens is 338 g/mol. The highest BCUT2D eigenvalue weighted by molar-refractivity contribution is 7.55. The molecule has 1 aromatic carbocycles. The monoisotopic (exact) mass is 362 g/mol.